The summed E-state index contributed by atoms with van der Waals surface area (Å²) in [5.41, 5.74) is 0.193. The summed E-state index contributed by atoms with van der Waals surface area (Å²) in [5, 5.41) is 0.496. The van der Waals surface area contributed by atoms with Gasteiger partial charge < -0.3 is 13.6 Å². The van der Waals surface area contributed by atoms with Crippen molar-refractivity contribution in [1.82, 2.24) is 0 Å². The summed E-state index contributed by atoms with van der Waals surface area (Å²) in [6, 6.07) is 0. The molecule has 0 N–H and O–H groups in total. The van der Waals surface area contributed by atoms with Crippen LogP contribution in [-0.2, 0) is 13.6 Å². The van der Waals surface area contributed by atoms with Gasteiger partial charge in [0.15, 0.2) is 16.6 Å². The van der Waals surface area contributed by atoms with Gasteiger partial charge in [-0.3, -0.25) is 0 Å². The quantitative estimate of drug-likeness (QED) is 0.228. The van der Waals surface area contributed by atoms with E-state index >= 15 is 0 Å². The van der Waals surface area contributed by atoms with Crippen molar-refractivity contribution in [1.29, 1.82) is 0 Å². The second-order valence-corrected chi connectivity index (χ2v) is 25.7. The second-order valence-electron chi connectivity index (χ2n) is 16.2. The normalized spacial score (nSPS) is 36.8. The summed E-state index contributed by atoms with van der Waals surface area (Å²) >= 11 is 0. The van der Waals surface area contributed by atoms with Gasteiger partial charge in [0, 0.05) is 12.5 Å². The summed E-state index contributed by atoms with van der Waals surface area (Å²) in [5.74, 6) is 2.02. The third-order valence-electron chi connectivity index (χ3n) is 11.2. The van der Waals surface area contributed by atoms with Crippen LogP contribution in [0.1, 0.15) is 101 Å². The Bertz CT molecular complexity index is 793. The monoisotopic (exact) mass is 536 g/mol. The van der Waals surface area contributed by atoms with Crippen LogP contribution >= 0.6 is 0 Å². The van der Waals surface area contributed by atoms with E-state index in [1.807, 2.05) is 0 Å². The first-order valence-corrected chi connectivity index (χ1v) is 20.7. The summed E-state index contributed by atoms with van der Waals surface area (Å²) in [6.07, 6.45) is 12.7. The van der Waals surface area contributed by atoms with Crippen molar-refractivity contribution in [3.05, 3.63) is 12.2 Å². The zero-order valence-electron chi connectivity index (χ0n) is 26.2. The molecule has 0 heterocycles. The lowest BCUT2D eigenvalue weighted by molar-refractivity contribution is -0.0408. The van der Waals surface area contributed by atoms with E-state index in [9.17, 15) is 0 Å². The fourth-order valence-corrected chi connectivity index (χ4v) is 9.97. The van der Waals surface area contributed by atoms with Gasteiger partial charge in [0.25, 0.3) is 0 Å². The molecule has 0 spiro atoms. The first kappa shape index (κ1) is 30.6. The van der Waals surface area contributed by atoms with E-state index < -0.39 is 16.6 Å². The molecule has 210 valence electrons. The van der Waals surface area contributed by atoms with Gasteiger partial charge in [0.1, 0.15) is 0 Å². The smallest absolute Gasteiger partial charge is 0.193 e. The van der Waals surface area contributed by atoms with Crippen LogP contribution in [-0.4, -0.2) is 41.1 Å². The molecule has 3 aliphatic carbocycles. The number of fused-ring (bicyclic) bond motifs is 1. The highest BCUT2D eigenvalue weighted by molar-refractivity contribution is 6.74. The first-order valence-electron chi connectivity index (χ1n) is 14.9. The number of hydrogen-bond acceptors (Lipinski definition) is 3. The Balaban J connectivity index is 1.58. The van der Waals surface area contributed by atoms with Crippen molar-refractivity contribution in [3.8, 4) is 0 Å². The van der Waals surface area contributed by atoms with E-state index in [-0.39, 0.29) is 21.8 Å². The average Bonchev–Trinajstić information content (AvgIpc) is 3.24. The minimum atomic E-state index is -1.82. The molecule has 2 saturated carbocycles. The van der Waals surface area contributed by atoms with Gasteiger partial charge in [0.2, 0.25) is 0 Å². The Morgan fingerprint density at radius 3 is 2.11 bits per heavy atom. The van der Waals surface area contributed by atoms with Crippen molar-refractivity contribution in [2.75, 3.05) is 6.61 Å². The van der Waals surface area contributed by atoms with Crippen LogP contribution in [0.2, 0.25) is 36.3 Å². The fourth-order valence-electron chi connectivity index (χ4n) is 6.96. The predicted octanol–water partition coefficient (Wildman–Crippen LogP) is 9.35. The van der Waals surface area contributed by atoms with Crippen LogP contribution in [0.5, 0.6) is 0 Å². The molecule has 0 aromatic heterocycles. The van der Waals surface area contributed by atoms with Gasteiger partial charge in [-0.1, -0.05) is 74.0 Å². The first-order chi connectivity index (χ1) is 16.2. The molecule has 5 heteroatoms. The molecule has 3 nitrogen and oxygen atoms in total. The highest BCUT2D eigenvalue weighted by atomic mass is 28.4. The van der Waals surface area contributed by atoms with Crippen molar-refractivity contribution < 1.29 is 13.6 Å². The molecule has 2 unspecified atom stereocenters. The van der Waals surface area contributed by atoms with Gasteiger partial charge in [0.05, 0.1) is 18.3 Å². The van der Waals surface area contributed by atoms with Gasteiger partial charge in [-0.2, -0.15) is 0 Å². The summed E-state index contributed by atoms with van der Waals surface area (Å²) in [7, 11) is -3.57. The van der Waals surface area contributed by atoms with Crippen LogP contribution in [0.25, 0.3) is 0 Å². The zero-order chi connectivity index (χ0) is 27.4. The second kappa shape index (κ2) is 10.2. The Morgan fingerprint density at radius 2 is 1.53 bits per heavy atom. The lowest BCUT2D eigenvalue weighted by Gasteiger charge is -2.50. The largest absolute Gasteiger partial charge is 0.414 e. The average molecular weight is 537 g/mol. The van der Waals surface area contributed by atoms with Gasteiger partial charge in [-0.25, -0.2) is 0 Å². The maximum absolute atomic E-state index is 7.07. The maximum atomic E-state index is 7.07. The van der Waals surface area contributed by atoms with Crippen LogP contribution in [0.4, 0.5) is 0 Å². The van der Waals surface area contributed by atoms with Crippen LogP contribution in [0.3, 0.4) is 0 Å². The Kier molecular flexibility index (Phi) is 8.69. The van der Waals surface area contributed by atoms with Gasteiger partial charge >= 0.3 is 0 Å². The number of rotatable bonds is 8. The Labute approximate surface area is 226 Å². The number of hydrogen-bond donors (Lipinski definition) is 0. The molecule has 7 atom stereocenters. The van der Waals surface area contributed by atoms with Crippen molar-refractivity contribution in [2.24, 2.45) is 23.2 Å². The standard InChI is InChI=1S/C31H60O3Si2/c1-23(22-32-24-18-20-30(8,21-24)34-36(12,13)29(5,6)7)25-16-17-26-27(15-14-19-31(25,26)9)33-35(10,11)28(2,3)4/h18,20,23-27H,14-17,19,21-22H2,1-13H3/t23-,24+,25+,26?,27?,30-,31+/m0/s1. The summed E-state index contributed by atoms with van der Waals surface area (Å²) in [4.78, 5) is 0. The van der Waals surface area contributed by atoms with Crippen molar-refractivity contribution in [2.45, 2.75) is 155 Å². The molecule has 2 fully saturated rings. The van der Waals surface area contributed by atoms with E-state index in [2.05, 4.69) is 101 Å². The lowest BCUT2D eigenvalue weighted by atomic mass is 9.62. The van der Waals surface area contributed by atoms with E-state index in [1.165, 1.54) is 32.1 Å². The van der Waals surface area contributed by atoms with E-state index in [4.69, 9.17) is 13.6 Å². The summed E-state index contributed by atoms with van der Waals surface area (Å²) in [6.45, 7) is 31.8. The predicted molar refractivity (Wildman–Crippen MR) is 160 cm³/mol. The molecule has 0 aliphatic heterocycles. The molecule has 0 radical (unpaired) electrons. The zero-order valence-corrected chi connectivity index (χ0v) is 28.2. The van der Waals surface area contributed by atoms with E-state index in [0.29, 0.717) is 23.4 Å². The van der Waals surface area contributed by atoms with Crippen LogP contribution in [0.15, 0.2) is 12.2 Å². The Morgan fingerprint density at radius 1 is 0.917 bits per heavy atom. The highest BCUT2D eigenvalue weighted by Gasteiger charge is 2.54. The minimum absolute atomic E-state index is 0.174. The molecule has 3 rings (SSSR count). The topological polar surface area (TPSA) is 27.7 Å². The minimum Gasteiger partial charge on any atom is -0.414 e. The molecule has 0 amide bonds. The number of ether oxygens (including phenoxy) is 1. The molecule has 0 aromatic rings. The van der Waals surface area contributed by atoms with Crippen molar-refractivity contribution in [3.63, 3.8) is 0 Å². The van der Waals surface area contributed by atoms with Crippen molar-refractivity contribution >= 4 is 16.6 Å². The van der Waals surface area contributed by atoms with Gasteiger partial charge in [-0.15, -0.1) is 0 Å². The van der Waals surface area contributed by atoms with Crippen LogP contribution < -0.4 is 0 Å². The Hall–Kier alpha value is 0.0538. The highest BCUT2D eigenvalue weighted by Crippen LogP contribution is 2.59. The molecule has 0 saturated heterocycles. The van der Waals surface area contributed by atoms with E-state index in [1.54, 1.807) is 0 Å². The lowest BCUT2D eigenvalue weighted by Crippen LogP contribution is -2.50. The maximum Gasteiger partial charge on any atom is 0.193 e. The third kappa shape index (κ3) is 6.27. The van der Waals surface area contributed by atoms with Crippen LogP contribution in [0, 0.1) is 23.2 Å². The molecule has 0 bridgehead atoms. The summed E-state index contributed by atoms with van der Waals surface area (Å²) < 4.78 is 20.5. The molecule has 36 heavy (non-hydrogen) atoms. The molecular formula is C31H60O3Si2. The van der Waals surface area contributed by atoms with Gasteiger partial charge in [-0.05, 0) is 92.0 Å². The molecular weight excluding hydrogens is 477 g/mol. The third-order valence-corrected chi connectivity index (χ3v) is 20.3. The molecule has 3 aliphatic rings. The van der Waals surface area contributed by atoms with E-state index in [0.717, 1.165) is 18.9 Å². The fraction of sp³-hybridized carbons (Fsp3) is 0.935. The molecule has 0 aromatic carbocycles. The SMILES string of the molecule is C[C@@H](CO[C@@H]1C=C[C@](C)(O[Si](C)(C)C(C)(C)C)C1)[C@H]1CCC2C(O[Si](C)(C)C(C)(C)C)CCC[C@@]21C.